The summed E-state index contributed by atoms with van der Waals surface area (Å²) < 4.78 is 24.1. The topological polar surface area (TPSA) is 30.5 Å². The fourth-order valence-corrected chi connectivity index (χ4v) is 1.96. The van der Waals surface area contributed by atoms with Gasteiger partial charge in [-0.3, -0.25) is 0 Å². The van der Waals surface area contributed by atoms with Gasteiger partial charge in [0.05, 0.1) is 6.61 Å². The Morgan fingerprint density at radius 3 is 2.76 bits per heavy atom. The number of benzene rings is 2. The minimum absolute atomic E-state index is 0.317. The van der Waals surface area contributed by atoms with E-state index in [1.807, 2.05) is 24.3 Å². The quantitative estimate of drug-likeness (QED) is 0.781. The molecule has 0 radical (unpaired) electrons. The summed E-state index contributed by atoms with van der Waals surface area (Å²) in [5.74, 6) is 0.427. The molecular weight excluding hydrogens is 293 g/mol. The van der Waals surface area contributed by atoms with Crippen LogP contribution in [-0.2, 0) is 11.3 Å². The molecule has 0 aliphatic heterocycles. The van der Waals surface area contributed by atoms with E-state index in [9.17, 15) is 4.39 Å². The van der Waals surface area contributed by atoms with Gasteiger partial charge in [0.25, 0.3) is 0 Å². The van der Waals surface area contributed by atoms with Crippen molar-refractivity contribution in [3.63, 3.8) is 0 Å². The van der Waals surface area contributed by atoms with Crippen molar-refractivity contribution in [2.24, 2.45) is 0 Å². The van der Waals surface area contributed by atoms with Crippen LogP contribution in [0.2, 0.25) is 5.02 Å². The van der Waals surface area contributed by atoms with Crippen LogP contribution in [0.1, 0.15) is 5.56 Å². The van der Waals surface area contributed by atoms with E-state index in [1.54, 1.807) is 19.2 Å². The lowest BCUT2D eigenvalue weighted by Crippen LogP contribution is -2.05. The van der Waals surface area contributed by atoms with Crippen LogP contribution in [0.4, 0.5) is 10.1 Å². The molecule has 0 saturated carbocycles. The molecule has 112 valence electrons. The van der Waals surface area contributed by atoms with Gasteiger partial charge in [0.15, 0.2) is 0 Å². The van der Waals surface area contributed by atoms with Gasteiger partial charge in [-0.05, 0) is 24.3 Å². The van der Waals surface area contributed by atoms with Gasteiger partial charge in [0, 0.05) is 36.0 Å². The maximum Gasteiger partial charge on any atom is 0.129 e. The first-order valence-electron chi connectivity index (χ1n) is 6.58. The lowest BCUT2D eigenvalue weighted by atomic mass is 10.2. The smallest absolute Gasteiger partial charge is 0.129 e. The van der Waals surface area contributed by atoms with Gasteiger partial charge in [-0.1, -0.05) is 23.7 Å². The molecule has 0 heterocycles. The summed E-state index contributed by atoms with van der Waals surface area (Å²) in [6.45, 7) is 1.41. The van der Waals surface area contributed by atoms with E-state index in [0.717, 1.165) is 11.4 Å². The SMILES string of the molecule is COCCOc1cccc(NCc2ccc(Cl)cc2F)c1. The predicted molar refractivity (Wildman–Crippen MR) is 82.5 cm³/mol. The van der Waals surface area contributed by atoms with Gasteiger partial charge in [-0.2, -0.15) is 0 Å². The number of hydrogen-bond donors (Lipinski definition) is 1. The minimum Gasteiger partial charge on any atom is -0.491 e. The fourth-order valence-electron chi connectivity index (χ4n) is 1.80. The van der Waals surface area contributed by atoms with E-state index in [-0.39, 0.29) is 5.82 Å². The minimum atomic E-state index is -0.317. The molecule has 1 N–H and O–H groups in total. The number of nitrogens with one attached hydrogen (secondary N) is 1. The highest BCUT2D eigenvalue weighted by molar-refractivity contribution is 6.30. The Labute approximate surface area is 128 Å². The second kappa shape index (κ2) is 7.86. The normalized spacial score (nSPS) is 10.4. The van der Waals surface area contributed by atoms with Crippen LogP contribution in [0.25, 0.3) is 0 Å². The van der Waals surface area contributed by atoms with Gasteiger partial charge in [0.2, 0.25) is 0 Å². The van der Waals surface area contributed by atoms with Crippen LogP contribution in [-0.4, -0.2) is 20.3 Å². The average molecular weight is 310 g/mol. The van der Waals surface area contributed by atoms with Crippen molar-refractivity contribution in [1.82, 2.24) is 0 Å². The van der Waals surface area contributed by atoms with E-state index in [1.165, 1.54) is 6.07 Å². The van der Waals surface area contributed by atoms with Crippen molar-refractivity contribution in [2.75, 3.05) is 25.6 Å². The third kappa shape index (κ3) is 4.92. The summed E-state index contributed by atoms with van der Waals surface area (Å²) in [7, 11) is 1.63. The summed E-state index contributed by atoms with van der Waals surface area (Å²) in [6.07, 6.45) is 0. The monoisotopic (exact) mass is 309 g/mol. The number of rotatable bonds is 7. The molecule has 0 fully saturated rings. The summed E-state index contributed by atoms with van der Waals surface area (Å²) in [6, 6.07) is 12.2. The first kappa shape index (κ1) is 15.6. The molecule has 0 aliphatic rings. The van der Waals surface area contributed by atoms with Gasteiger partial charge in [-0.15, -0.1) is 0 Å². The van der Waals surface area contributed by atoms with E-state index < -0.39 is 0 Å². The summed E-state index contributed by atoms with van der Waals surface area (Å²) in [5.41, 5.74) is 1.42. The molecule has 0 aliphatic carbocycles. The van der Waals surface area contributed by atoms with Crippen molar-refractivity contribution >= 4 is 17.3 Å². The van der Waals surface area contributed by atoms with E-state index in [4.69, 9.17) is 21.1 Å². The highest BCUT2D eigenvalue weighted by atomic mass is 35.5. The Bertz CT molecular complexity index is 592. The number of methoxy groups -OCH3 is 1. The molecule has 2 rings (SSSR count). The molecule has 0 saturated heterocycles. The lowest BCUT2D eigenvalue weighted by Gasteiger charge is -2.10. The molecule has 2 aromatic rings. The van der Waals surface area contributed by atoms with Crippen LogP contribution < -0.4 is 10.1 Å². The number of hydrogen-bond acceptors (Lipinski definition) is 3. The molecule has 0 bridgehead atoms. The predicted octanol–water partition coefficient (Wildman–Crippen LogP) is 4.12. The van der Waals surface area contributed by atoms with Gasteiger partial charge in [-0.25, -0.2) is 4.39 Å². The van der Waals surface area contributed by atoms with Crippen molar-refractivity contribution < 1.29 is 13.9 Å². The van der Waals surface area contributed by atoms with Crippen LogP contribution in [0.5, 0.6) is 5.75 Å². The first-order valence-corrected chi connectivity index (χ1v) is 6.96. The average Bonchev–Trinajstić information content (AvgIpc) is 2.47. The Hall–Kier alpha value is -1.78. The lowest BCUT2D eigenvalue weighted by molar-refractivity contribution is 0.146. The zero-order valence-corrected chi connectivity index (χ0v) is 12.5. The Morgan fingerprint density at radius 2 is 2.00 bits per heavy atom. The maximum absolute atomic E-state index is 13.7. The van der Waals surface area contributed by atoms with Gasteiger partial charge in [0.1, 0.15) is 18.2 Å². The van der Waals surface area contributed by atoms with Gasteiger partial charge < -0.3 is 14.8 Å². The zero-order chi connectivity index (χ0) is 15.1. The molecule has 0 aromatic heterocycles. The summed E-state index contributed by atoms with van der Waals surface area (Å²) in [4.78, 5) is 0. The molecule has 0 atom stereocenters. The van der Waals surface area contributed by atoms with E-state index in [2.05, 4.69) is 5.32 Å². The molecule has 0 amide bonds. The molecule has 0 unspecified atom stereocenters. The zero-order valence-electron chi connectivity index (χ0n) is 11.7. The van der Waals surface area contributed by atoms with Crippen LogP contribution in [0.15, 0.2) is 42.5 Å². The molecule has 3 nitrogen and oxygen atoms in total. The molecule has 21 heavy (non-hydrogen) atoms. The van der Waals surface area contributed by atoms with Crippen LogP contribution in [0, 0.1) is 5.82 Å². The van der Waals surface area contributed by atoms with E-state index in [0.29, 0.717) is 30.3 Å². The summed E-state index contributed by atoms with van der Waals surface area (Å²) in [5, 5.41) is 3.55. The molecular formula is C16H17ClFNO2. The Morgan fingerprint density at radius 1 is 1.14 bits per heavy atom. The van der Waals surface area contributed by atoms with Crippen LogP contribution >= 0.6 is 11.6 Å². The third-order valence-electron chi connectivity index (χ3n) is 2.89. The second-order valence-electron chi connectivity index (χ2n) is 4.46. The van der Waals surface area contributed by atoms with Gasteiger partial charge >= 0.3 is 0 Å². The van der Waals surface area contributed by atoms with Crippen molar-refractivity contribution in [1.29, 1.82) is 0 Å². The molecule has 2 aromatic carbocycles. The molecule has 0 spiro atoms. The van der Waals surface area contributed by atoms with E-state index >= 15 is 0 Å². The largest absolute Gasteiger partial charge is 0.491 e. The van der Waals surface area contributed by atoms with Crippen molar-refractivity contribution in [2.45, 2.75) is 6.54 Å². The number of ether oxygens (including phenoxy) is 2. The third-order valence-corrected chi connectivity index (χ3v) is 3.12. The fraction of sp³-hybridized carbons (Fsp3) is 0.250. The second-order valence-corrected chi connectivity index (χ2v) is 4.89. The Balaban J connectivity index is 1.95. The number of anilines is 1. The summed E-state index contributed by atoms with van der Waals surface area (Å²) >= 11 is 5.73. The first-order chi connectivity index (χ1) is 10.2. The van der Waals surface area contributed by atoms with Crippen molar-refractivity contribution in [3.05, 3.63) is 58.9 Å². The highest BCUT2D eigenvalue weighted by Crippen LogP contribution is 2.19. The number of halogens is 2. The van der Waals surface area contributed by atoms with Crippen LogP contribution in [0.3, 0.4) is 0 Å². The standard InChI is InChI=1S/C16H17ClFNO2/c1-20-7-8-21-15-4-2-3-14(10-15)19-11-12-5-6-13(17)9-16(12)18/h2-6,9-10,19H,7-8,11H2,1H3. The maximum atomic E-state index is 13.7. The van der Waals surface area contributed by atoms with Crippen molar-refractivity contribution in [3.8, 4) is 5.75 Å². The highest BCUT2D eigenvalue weighted by Gasteiger charge is 2.03. The molecule has 5 heteroatoms. The Kier molecular flexibility index (Phi) is 5.84.